The zero-order valence-electron chi connectivity index (χ0n) is 11.1. The molecule has 0 aromatic heterocycles. The molecular formula is C13H20N2O3S. The van der Waals surface area contributed by atoms with Crippen molar-refractivity contribution in [3.8, 4) is 5.75 Å². The largest absolute Gasteiger partial charge is 0.497 e. The van der Waals surface area contributed by atoms with E-state index in [0.717, 1.165) is 18.4 Å². The summed E-state index contributed by atoms with van der Waals surface area (Å²) in [6.45, 7) is 0.992. The van der Waals surface area contributed by atoms with E-state index in [4.69, 9.17) is 10.5 Å². The van der Waals surface area contributed by atoms with E-state index in [1.165, 1.54) is 4.31 Å². The van der Waals surface area contributed by atoms with Crippen molar-refractivity contribution in [3.05, 3.63) is 29.8 Å². The minimum absolute atomic E-state index is 0.00306. The monoisotopic (exact) mass is 284 g/mol. The molecule has 1 aliphatic rings. The topological polar surface area (TPSA) is 72.6 Å². The van der Waals surface area contributed by atoms with Gasteiger partial charge in [0.15, 0.2) is 0 Å². The number of sulfonamides is 1. The minimum Gasteiger partial charge on any atom is -0.497 e. The van der Waals surface area contributed by atoms with Gasteiger partial charge in [-0.1, -0.05) is 12.1 Å². The number of ether oxygens (including phenoxy) is 1. The molecule has 1 heterocycles. The molecule has 0 saturated carbocycles. The summed E-state index contributed by atoms with van der Waals surface area (Å²) in [4.78, 5) is 0. The lowest BCUT2D eigenvalue weighted by molar-refractivity contribution is 0.315. The molecule has 0 amide bonds. The fourth-order valence-electron chi connectivity index (χ4n) is 2.29. The number of nitrogens with two attached hydrogens (primary N) is 1. The van der Waals surface area contributed by atoms with Crippen molar-refractivity contribution in [3.63, 3.8) is 0 Å². The van der Waals surface area contributed by atoms with E-state index in [2.05, 4.69) is 0 Å². The molecule has 6 heteroatoms. The Labute approximate surface area is 114 Å². The predicted molar refractivity (Wildman–Crippen MR) is 74.4 cm³/mol. The van der Waals surface area contributed by atoms with Crippen LogP contribution in [0.25, 0.3) is 0 Å². The first-order valence-corrected chi connectivity index (χ1v) is 7.98. The summed E-state index contributed by atoms with van der Waals surface area (Å²) in [5.74, 6) is 0.666. The van der Waals surface area contributed by atoms with Crippen molar-refractivity contribution in [1.82, 2.24) is 4.31 Å². The number of hydrogen-bond donors (Lipinski definition) is 1. The zero-order valence-corrected chi connectivity index (χ0v) is 11.9. The Kier molecular flexibility index (Phi) is 4.44. The van der Waals surface area contributed by atoms with Crippen LogP contribution in [0, 0.1) is 0 Å². The maximum absolute atomic E-state index is 12.3. The Hall–Kier alpha value is -1.11. The average molecular weight is 284 g/mol. The Morgan fingerprint density at radius 3 is 2.95 bits per heavy atom. The minimum atomic E-state index is -3.30. The second-order valence-electron chi connectivity index (χ2n) is 4.87. The predicted octanol–water partition coefficient (Wildman–Crippen LogP) is 0.948. The van der Waals surface area contributed by atoms with Crippen LogP contribution in [0.1, 0.15) is 18.4 Å². The highest BCUT2D eigenvalue weighted by Gasteiger charge is 2.27. The van der Waals surface area contributed by atoms with Gasteiger partial charge in [0.2, 0.25) is 10.0 Å². The molecule has 0 aliphatic carbocycles. The first kappa shape index (κ1) is 14.3. The van der Waals surface area contributed by atoms with Crippen molar-refractivity contribution < 1.29 is 13.2 Å². The van der Waals surface area contributed by atoms with E-state index >= 15 is 0 Å². The third kappa shape index (κ3) is 3.68. The van der Waals surface area contributed by atoms with Crippen molar-refractivity contribution in [1.29, 1.82) is 0 Å². The van der Waals surface area contributed by atoms with Crippen LogP contribution in [-0.4, -0.2) is 39.0 Å². The normalized spacial score (nSPS) is 21.3. The third-order valence-corrected chi connectivity index (χ3v) is 5.11. The molecule has 0 radical (unpaired) electrons. The molecule has 0 spiro atoms. The first-order chi connectivity index (χ1) is 9.01. The standard InChI is InChI=1S/C13H20N2O3S/c1-18-13-6-2-4-11(8-13)10-19(16,17)15-7-3-5-12(14)9-15/h2,4,6,8,12H,3,5,7,9-10,14H2,1H3/t12-/m1/s1. The van der Waals surface area contributed by atoms with Gasteiger partial charge in [0.05, 0.1) is 12.9 Å². The molecule has 106 valence electrons. The number of rotatable bonds is 4. The number of piperidine rings is 1. The van der Waals surface area contributed by atoms with Crippen molar-refractivity contribution in [2.24, 2.45) is 5.73 Å². The quantitative estimate of drug-likeness (QED) is 0.893. The van der Waals surface area contributed by atoms with Crippen LogP contribution < -0.4 is 10.5 Å². The highest BCUT2D eigenvalue weighted by Crippen LogP contribution is 2.19. The third-order valence-electron chi connectivity index (χ3n) is 3.30. The summed E-state index contributed by atoms with van der Waals surface area (Å²) in [5.41, 5.74) is 6.57. The van der Waals surface area contributed by atoms with Crippen LogP contribution in [0.15, 0.2) is 24.3 Å². The Bertz CT molecular complexity index is 530. The maximum Gasteiger partial charge on any atom is 0.218 e. The zero-order chi connectivity index (χ0) is 13.9. The van der Waals surface area contributed by atoms with E-state index in [0.29, 0.717) is 18.8 Å². The molecule has 1 saturated heterocycles. The van der Waals surface area contributed by atoms with E-state index < -0.39 is 10.0 Å². The lowest BCUT2D eigenvalue weighted by atomic mass is 10.1. The molecule has 1 aliphatic heterocycles. The number of hydrogen-bond acceptors (Lipinski definition) is 4. The van der Waals surface area contributed by atoms with E-state index in [-0.39, 0.29) is 11.8 Å². The molecule has 1 fully saturated rings. The second-order valence-corrected chi connectivity index (χ2v) is 6.84. The van der Waals surface area contributed by atoms with Crippen molar-refractivity contribution >= 4 is 10.0 Å². The molecule has 1 atom stereocenters. The highest BCUT2D eigenvalue weighted by atomic mass is 32.2. The Balaban J connectivity index is 2.11. The van der Waals surface area contributed by atoms with Gasteiger partial charge in [0.25, 0.3) is 0 Å². The van der Waals surface area contributed by atoms with Crippen LogP contribution in [-0.2, 0) is 15.8 Å². The van der Waals surface area contributed by atoms with Crippen molar-refractivity contribution in [2.75, 3.05) is 20.2 Å². The Morgan fingerprint density at radius 1 is 1.47 bits per heavy atom. The second kappa shape index (κ2) is 5.90. The highest BCUT2D eigenvalue weighted by molar-refractivity contribution is 7.88. The first-order valence-electron chi connectivity index (χ1n) is 6.37. The van der Waals surface area contributed by atoms with Crippen LogP contribution in [0.3, 0.4) is 0 Å². The maximum atomic E-state index is 12.3. The van der Waals surface area contributed by atoms with Gasteiger partial charge < -0.3 is 10.5 Å². The summed E-state index contributed by atoms with van der Waals surface area (Å²) in [6.07, 6.45) is 1.73. The summed E-state index contributed by atoms with van der Waals surface area (Å²) >= 11 is 0. The van der Waals surface area contributed by atoms with E-state index in [9.17, 15) is 8.42 Å². The lowest BCUT2D eigenvalue weighted by Crippen LogP contribution is -2.46. The molecular weight excluding hydrogens is 264 g/mol. The van der Waals surface area contributed by atoms with Gasteiger partial charge in [0, 0.05) is 19.1 Å². The fraction of sp³-hybridized carbons (Fsp3) is 0.538. The molecule has 1 aromatic rings. The average Bonchev–Trinajstić information content (AvgIpc) is 2.38. The summed E-state index contributed by atoms with van der Waals surface area (Å²) < 4.78 is 31.3. The van der Waals surface area contributed by atoms with Gasteiger partial charge in [-0.2, -0.15) is 0 Å². The van der Waals surface area contributed by atoms with Crippen LogP contribution >= 0.6 is 0 Å². The summed E-state index contributed by atoms with van der Waals surface area (Å²) in [7, 11) is -1.73. The van der Waals surface area contributed by atoms with Gasteiger partial charge in [0.1, 0.15) is 5.75 Å². The van der Waals surface area contributed by atoms with E-state index in [1.807, 2.05) is 0 Å². The summed E-state index contributed by atoms with van der Waals surface area (Å²) in [5, 5.41) is 0. The molecule has 0 bridgehead atoms. The molecule has 19 heavy (non-hydrogen) atoms. The lowest BCUT2D eigenvalue weighted by Gasteiger charge is -2.29. The molecule has 5 nitrogen and oxygen atoms in total. The number of methoxy groups -OCH3 is 1. The van der Waals surface area contributed by atoms with E-state index in [1.54, 1.807) is 31.4 Å². The smallest absolute Gasteiger partial charge is 0.218 e. The van der Waals surface area contributed by atoms with Gasteiger partial charge in [-0.05, 0) is 30.5 Å². The molecule has 0 unspecified atom stereocenters. The molecule has 1 aromatic carbocycles. The van der Waals surface area contributed by atoms with Gasteiger partial charge in [-0.3, -0.25) is 0 Å². The fourth-order valence-corrected chi connectivity index (χ4v) is 3.90. The van der Waals surface area contributed by atoms with Crippen LogP contribution in [0.2, 0.25) is 0 Å². The molecule has 2 rings (SSSR count). The van der Waals surface area contributed by atoms with Gasteiger partial charge in [-0.15, -0.1) is 0 Å². The van der Waals surface area contributed by atoms with Gasteiger partial charge >= 0.3 is 0 Å². The summed E-state index contributed by atoms with van der Waals surface area (Å²) in [6, 6.07) is 7.10. The van der Waals surface area contributed by atoms with Crippen LogP contribution in [0.5, 0.6) is 5.75 Å². The Morgan fingerprint density at radius 2 is 2.26 bits per heavy atom. The molecule has 2 N–H and O–H groups in total. The number of nitrogens with zero attached hydrogens (tertiary/aromatic N) is 1. The SMILES string of the molecule is COc1cccc(CS(=O)(=O)N2CCC[C@@H](N)C2)c1. The van der Waals surface area contributed by atoms with Crippen molar-refractivity contribution in [2.45, 2.75) is 24.6 Å². The number of benzene rings is 1. The van der Waals surface area contributed by atoms with Crippen LogP contribution in [0.4, 0.5) is 0 Å². The van der Waals surface area contributed by atoms with Gasteiger partial charge in [-0.25, -0.2) is 12.7 Å².